The maximum atomic E-state index is 2.71. The van der Waals surface area contributed by atoms with E-state index in [1.165, 1.54) is 63.4 Å². The summed E-state index contributed by atoms with van der Waals surface area (Å²) in [4.78, 5) is 0. The van der Waals surface area contributed by atoms with Crippen molar-refractivity contribution in [1.29, 1.82) is 0 Å². The van der Waals surface area contributed by atoms with Gasteiger partial charge in [-0.2, -0.15) is 0 Å². The fourth-order valence-electron chi connectivity index (χ4n) is 7.68. The molecule has 0 saturated heterocycles. The van der Waals surface area contributed by atoms with Gasteiger partial charge < -0.3 is 0 Å². The Labute approximate surface area is 154 Å². The number of fused-ring (bicyclic) bond motifs is 5. The summed E-state index contributed by atoms with van der Waals surface area (Å²) in [5.41, 5.74) is 4.57. The Hall–Kier alpha value is -1.04. The van der Waals surface area contributed by atoms with E-state index in [4.69, 9.17) is 0 Å². The van der Waals surface area contributed by atoms with Crippen molar-refractivity contribution < 1.29 is 0 Å². The van der Waals surface area contributed by atoms with Gasteiger partial charge in [-0.1, -0.05) is 62.2 Å². The van der Waals surface area contributed by atoms with Crippen LogP contribution in [0.15, 0.2) is 42.0 Å². The van der Waals surface area contributed by atoms with E-state index >= 15 is 0 Å². The summed E-state index contributed by atoms with van der Waals surface area (Å²) in [5.74, 6) is 3.70. The van der Waals surface area contributed by atoms with Gasteiger partial charge in [-0.25, -0.2) is 0 Å². The van der Waals surface area contributed by atoms with Crippen LogP contribution in [0.5, 0.6) is 0 Å². The van der Waals surface area contributed by atoms with Gasteiger partial charge >= 0.3 is 0 Å². The first-order chi connectivity index (χ1) is 12.1. The van der Waals surface area contributed by atoms with E-state index in [-0.39, 0.29) is 0 Å². The molecule has 1 unspecified atom stereocenters. The summed E-state index contributed by atoms with van der Waals surface area (Å²) in [7, 11) is 0. The highest BCUT2D eigenvalue weighted by atomic mass is 14.6. The van der Waals surface area contributed by atoms with E-state index in [9.17, 15) is 0 Å². The van der Waals surface area contributed by atoms with Crippen molar-refractivity contribution in [2.75, 3.05) is 0 Å². The van der Waals surface area contributed by atoms with Gasteiger partial charge in [0.15, 0.2) is 0 Å². The zero-order chi connectivity index (χ0) is 17.1. The molecule has 134 valence electrons. The largest absolute Gasteiger partial charge is 0.0772 e. The van der Waals surface area contributed by atoms with Crippen molar-refractivity contribution in [3.63, 3.8) is 0 Å². The molecule has 5 rings (SSSR count). The molecule has 0 nitrogen and oxygen atoms in total. The van der Waals surface area contributed by atoms with E-state index in [0.29, 0.717) is 16.7 Å². The smallest absolute Gasteiger partial charge is 0.00211 e. The van der Waals surface area contributed by atoms with E-state index in [1.807, 2.05) is 5.57 Å². The zero-order valence-electron chi connectivity index (χ0n) is 16.1. The van der Waals surface area contributed by atoms with Gasteiger partial charge in [-0.3, -0.25) is 0 Å². The maximum absolute atomic E-state index is 2.71. The Morgan fingerprint density at radius 2 is 1.68 bits per heavy atom. The molecular formula is C25H34. The average Bonchev–Trinajstić information content (AvgIpc) is 3.03. The lowest BCUT2D eigenvalue weighted by molar-refractivity contribution is -0.0367. The molecule has 0 heterocycles. The molecule has 0 aliphatic heterocycles. The Balaban J connectivity index is 1.45. The predicted molar refractivity (Wildman–Crippen MR) is 106 cm³/mol. The van der Waals surface area contributed by atoms with Crippen molar-refractivity contribution in [3.05, 3.63) is 47.5 Å². The van der Waals surface area contributed by atoms with E-state index in [2.05, 4.69) is 50.3 Å². The lowest BCUT2D eigenvalue weighted by atomic mass is 9.47. The van der Waals surface area contributed by atoms with Gasteiger partial charge in [0, 0.05) is 5.92 Å². The van der Waals surface area contributed by atoms with Gasteiger partial charge in [-0.05, 0) is 85.5 Å². The summed E-state index contributed by atoms with van der Waals surface area (Å²) in [5, 5.41) is 0. The molecule has 1 aromatic rings. The molecule has 6 atom stereocenters. The van der Waals surface area contributed by atoms with Crippen LogP contribution >= 0.6 is 0 Å². The fraction of sp³-hybridized carbons (Fsp3) is 0.680. The topological polar surface area (TPSA) is 0 Å². The molecule has 0 N–H and O–H groups in total. The summed E-state index contributed by atoms with van der Waals surface area (Å²) in [6.45, 7) is 5.27. The zero-order valence-corrected chi connectivity index (χ0v) is 16.1. The molecule has 1 aromatic carbocycles. The minimum absolute atomic E-state index is 0.512. The van der Waals surface area contributed by atoms with Gasteiger partial charge in [-0.15, -0.1) is 0 Å². The average molecular weight is 335 g/mol. The Morgan fingerprint density at radius 3 is 2.52 bits per heavy atom. The SMILES string of the molecule is C[C@@]12CCC[C@H]1[C@@H]1CCC3=CC(c4ccccc4)CC[C@]3(C)[C@H]1CC2. The molecule has 0 bridgehead atoms. The Morgan fingerprint density at radius 1 is 0.840 bits per heavy atom. The molecule has 0 spiro atoms. The molecule has 25 heavy (non-hydrogen) atoms. The first-order valence-electron chi connectivity index (χ1n) is 10.9. The molecule has 0 heteroatoms. The molecular weight excluding hydrogens is 300 g/mol. The number of allylic oxidation sites excluding steroid dienone is 2. The van der Waals surface area contributed by atoms with Crippen LogP contribution in [-0.2, 0) is 0 Å². The Bertz CT molecular complexity index is 671. The van der Waals surface area contributed by atoms with Crippen molar-refractivity contribution in [1.82, 2.24) is 0 Å². The van der Waals surface area contributed by atoms with Gasteiger partial charge in [0.25, 0.3) is 0 Å². The number of benzene rings is 1. The van der Waals surface area contributed by atoms with E-state index in [0.717, 1.165) is 17.8 Å². The summed E-state index contributed by atoms with van der Waals surface area (Å²) in [6, 6.07) is 11.2. The standard InChI is InChI=1S/C25H34/c1-24-14-6-9-22(24)21-11-10-20-17-19(18-7-4-3-5-8-18)12-16-25(20,2)23(21)13-15-24/h3-5,7-8,17,19,21-23H,6,9-16H2,1-2H3/t19?,21-,22-,23-,24-,25-/m0/s1. The second kappa shape index (κ2) is 5.73. The first-order valence-corrected chi connectivity index (χ1v) is 10.9. The molecule has 4 aliphatic rings. The minimum atomic E-state index is 0.512. The van der Waals surface area contributed by atoms with E-state index < -0.39 is 0 Å². The van der Waals surface area contributed by atoms with Crippen molar-refractivity contribution in [2.45, 2.75) is 77.6 Å². The summed E-state index contributed by atoms with van der Waals surface area (Å²) < 4.78 is 0. The van der Waals surface area contributed by atoms with Crippen LogP contribution < -0.4 is 0 Å². The second-order valence-electron chi connectivity index (χ2n) is 10.2. The first kappa shape index (κ1) is 16.2. The van der Waals surface area contributed by atoms with Gasteiger partial charge in [0.05, 0.1) is 0 Å². The van der Waals surface area contributed by atoms with Crippen LogP contribution in [0, 0.1) is 28.6 Å². The third kappa shape index (κ3) is 2.39. The highest BCUT2D eigenvalue weighted by Gasteiger charge is 2.56. The van der Waals surface area contributed by atoms with Crippen molar-refractivity contribution in [2.24, 2.45) is 28.6 Å². The molecule has 0 radical (unpaired) electrons. The van der Waals surface area contributed by atoms with Crippen molar-refractivity contribution >= 4 is 0 Å². The van der Waals surface area contributed by atoms with E-state index in [1.54, 1.807) is 0 Å². The lowest BCUT2D eigenvalue weighted by Gasteiger charge is -2.58. The van der Waals surface area contributed by atoms with Crippen LogP contribution in [0.4, 0.5) is 0 Å². The second-order valence-corrected chi connectivity index (χ2v) is 10.2. The molecule has 4 aliphatic carbocycles. The molecule has 0 amide bonds. The lowest BCUT2D eigenvalue weighted by Crippen LogP contribution is -2.49. The third-order valence-corrected chi connectivity index (χ3v) is 9.12. The highest BCUT2D eigenvalue weighted by molar-refractivity contribution is 5.32. The molecule has 0 aromatic heterocycles. The number of rotatable bonds is 1. The van der Waals surface area contributed by atoms with Crippen LogP contribution in [-0.4, -0.2) is 0 Å². The van der Waals surface area contributed by atoms with Crippen molar-refractivity contribution in [3.8, 4) is 0 Å². The number of hydrogen-bond acceptors (Lipinski definition) is 0. The molecule has 3 fully saturated rings. The van der Waals surface area contributed by atoms with Crippen LogP contribution in [0.1, 0.15) is 83.1 Å². The number of hydrogen-bond donors (Lipinski definition) is 0. The predicted octanol–water partition coefficient (Wildman–Crippen LogP) is 7.12. The minimum Gasteiger partial charge on any atom is -0.0772 e. The van der Waals surface area contributed by atoms with Crippen LogP contribution in [0.3, 0.4) is 0 Å². The quantitative estimate of drug-likeness (QED) is 0.479. The Kier molecular flexibility index (Phi) is 3.70. The van der Waals surface area contributed by atoms with Crippen LogP contribution in [0.25, 0.3) is 0 Å². The summed E-state index contributed by atoms with van der Waals surface area (Å²) in [6.07, 6.45) is 15.9. The maximum Gasteiger partial charge on any atom is 0.00211 e. The van der Waals surface area contributed by atoms with Gasteiger partial charge in [0.1, 0.15) is 0 Å². The monoisotopic (exact) mass is 334 g/mol. The normalized spacial score (nSPS) is 45.9. The highest BCUT2D eigenvalue weighted by Crippen LogP contribution is 2.65. The van der Waals surface area contributed by atoms with Crippen LogP contribution in [0.2, 0.25) is 0 Å². The van der Waals surface area contributed by atoms with Gasteiger partial charge in [0.2, 0.25) is 0 Å². The molecule has 3 saturated carbocycles. The summed E-state index contributed by atoms with van der Waals surface area (Å²) >= 11 is 0. The fourth-order valence-corrected chi connectivity index (χ4v) is 7.68. The third-order valence-electron chi connectivity index (χ3n) is 9.12.